The van der Waals surface area contributed by atoms with Crippen LogP contribution in [0.4, 0.5) is 0 Å². The summed E-state index contributed by atoms with van der Waals surface area (Å²) in [5.74, 6) is -0.516. The van der Waals surface area contributed by atoms with E-state index in [9.17, 15) is 9.59 Å². The Morgan fingerprint density at radius 2 is 2.12 bits per heavy atom. The van der Waals surface area contributed by atoms with Gasteiger partial charge in [0.25, 0.3) is 0 Å². The van der Waals surface area contributed by atoms with E-state index in [1.807, 2.05) is 4.72 Å². The molecule has 0 aromatic rings. The molecule has 0 aliphatic carbocycles. The predicted octanol–water partition coefficient (Wildman–Crippen LogP) is -0.0735. The topological polar surface area (TPSA) is 46.2 Å². The summed E-state index contributed by atoms with van der Waals surface area (Å²) in [6.07, 6.45) is -0.0799. The lowest BCUT2D eigenvalue weighted by atomic mass is 10.3. The maximum Gasteiger partial charge on any atom is 0.237 e. The van der Waals surface area contributed by atoms with Crippen LogP contribution >= 0.6 is 12.8 Å². The molecule has 4 heteroatoms. The monoisotopic (exact) mass is 133 g/mol. The van der Waals surface area contributed by atoms with Crippen molar-refractivity contribution in [3.8, 4) is 0 Å². The second-order valence-electron chi connectivity index (χ2n) is 1.41. The predicted molar refractivity (Wildman–Crippen MR) is 32.4 cm³/mol. The largest absolute Gasteiger partial charge is 0.302 e. The average Bonchev–Trinajstić information content (AvgIpc) is 1.65. The Labute approximate surface area is 53.0 Å². The molecule has 8 heavy (non-hydrogen) atoms. The number of amides is 1. The highest BCUT2D eigenvalue weighted by Crippen LogP contribution is 1.80. The van der Waals surface area contributed by atoms with Crippen molar-refractivity contribution in [1.29, 1.82) is 0 Å². The fraction of sp³-hybridized carbons (Fsp3) is 0.500. The Hall–Kier alpha value is -0.510. The van der Waals surface area contributed by atoms with Gasteiger partial charge in [0.05, 0.1) is 6.42 Å². The van der Waals surface area contributed by atoms with Crippen LogP contribution < -0.4 is 4.72 Å². The van der Waals surface area contributed by atoms with E-state index in [0.717, 1.165) is 0 Å². The molecule has 0 bridgehead atoms. The number of nitrogens with one attached hydrogen (secondary N) is 1. The molecule has 0 fully saturated rings. The molecule has 0 aromatic carbocycles. The number of Topliss-reactive ketones (excluding diaryl/α,β-unsaturated/α-hetero) is 1. The van der Waals surface area contributed by atoms with Crippen molar-refractivity contribution < 1.29 is 9.59 Å². The van der Waals surface area contributed by atoms with E-state index in [-0.39, 0.29) is 18.1 Å². The maximum atomic E-state index is 10.2. The Morgan fingerprint density at radius 1 is 1.62 bits per heavy atom. The van der Waals surface area contributed by atoms with Crippen molar-refractivity contribution in [1.82, 2.24) is 4.72 Å². The lowest BCUT2D eigenvalue weighted by Gasteiger charge is -1.90. The molecule has 0 heterocycles. The van der Waals surface area contributed by atoms with Crippen molar-refractivity contribution in [3.63, 3.8) is 0 Å². The summed E-state index contributed by atoms with van der Waals surface area (Å²) < 4.78 is 2.03. The van der Waals surface area contributed by atoms with Crippen LogP contribution in [0.5, 0.6) is 0 Å². The van der Waals surface area contributed by atoms with Gasteiger partial charge >= 0.3 is 0 Å². The first-order valence-corrected chi connectivity index (χ1v) is 2.54. The van der Waals surface area contributed by atoms with E-state index < -0.39 is 0 Å². The number of ketones is 1. The molecule has 0 radical (unpaired) electrons. The molecule has 1 N–H and O–H groups in total. The van der Waals surface area contributed by atoms with Crippen LogP contribution in [-0.2, 0) is 9.59 Å². The molecule has 0 aromatic heterocycles. The Kier molecular flexibility index (Phi) is 3.26. The Balaban J connectivity index is 3.40. The zero-order valence-corrected chi connectivity index (χ0v) is 5.37. The van der Waals surface area contributed by atoms with E-state index >= 15 is 0 Å². The second kappa shape index (κ2) is 3.49. The van der Waals surface area contributed by atoms with E-state index in [2.05, 4.69) is 12.8 Å². The maximum absolute atomic E-state index is 10.2. The summed E-state index contributed by atoms with van der Waals surface area (Å²) in [5.41, 5.74) is 0. The molecule has 0 spiro atoms. The summed E-state index contributed by atoms with van der Waals surface area (Å²) in [6, 6.07) is 0. The molecule has 0 aliphatic rings. The zero-order valence-electron chi connectivity index (χ0n) is 4.47. The van der Waals surface area contributed by atoms with Crippen molar-refractivity contribution in [2.75, 3.05) is 0 Å². The van der Waals surface area contributed by atoms with Crippen LogP contribution in [0, 0.1) is 0 Å². The van der Waals surface area contributed by atoms with Gasteiger partial charge in [0.2, 0.25) is 5.91 Å². The molecule has 0 atom stereocenters. The van der Waals surface area contributed by atoms with E-state index in [1.54, 1.807) is 0 Å². The average molecular weight is 133 g/mol. The summed E-state index contributed by atoms with van der Waals surface area (Å²) >= 11 is 3.44. The van der Waals surface area contributed by atoms with Crippen LogP contribution in [0.25, 0.3) is 0 Å². The molecule has 0 unspecified atom stereocenters. The molecule has 0 rings (SSSR count). The number of rotatable bonds is 2. The summed E-state index contributed by atoms with van der Waals surface area (Å²) in [7, 11) is 0. The molecular weight excluding hydrogens is 126 g/mol. The van der Waals surface area contributed by atoms with E-state index in [0.29, 0.717) is 0 Å². The van der Waals surface area contributed by atoms with E-state index in [4.69, 9.17) is 0 Å². The number of hydrogen-bond acceptors (Lipinski definition) is 3. The highest BCUT2D eigenvalue weighted by atomic mass is 32.1. The highest BCUT2D eigenvalue weighted by Gasteiger charge is 1.99. The third-order valence-electron chi connectivity index (χ3n) is 0.534. The molecule has 46 valence electrons. The van der Waals surface area contributed by atoms with Gasteiger partial charge in [-0.2, -0.15) is 0 Å². The Morgan fingerprint density at radius 3 is 2.25 bits per heavy atom. The standard InChI is InChI=1S/C4H7NO2S/c1-3(6)2-4(7)5-8/h8H,2H2,1H3,(H,5,7). The van der Waals surface area contributed by atoms with Gasteiger partial charge in [0.1, 0.15) is 5.78 Å². The first kappa shape index (κ1) is 7.49. The number of carbonyl (C=O) groups is 2. The van der Waals surface area contributed by atoms with Gasteiger partial charge in [-0.3, -0.25) is 9.59 Å². The smallest absolute Gasteiger partial charge is 0.237 e. The van der Waals surface area contributed by atoms with Gasteiger partial charge in [0.15, 0.2) is 0 Å². The lowest BCUT2D eigenvalue weighted by molar-refractivity contribution is -0.125. The van der Waals surface area contributed by atoms with Crippen molar-refractivity contribution in [2.24, 2.45) is 0 Å². The zero-order chi connectivity index (χ0) is 6.57. The van der Waals surface area contributed by atoms with Crippen molar-refractivity contribution in [2.45, 2.75) is 13.3 Å². The van der Waals surface area contributed by atoms with Gasteiger partial charge in [-0.1, -0.05) is 12.8 Å². The van der Waals surface area contributed by atoms with E-state index in [1.165, 1.54) is 6.92 Å². The first-order chi connectivity index (χ1) is 3.66. The highest BCUT2D eigenvalue weighted by molar-refractivity contribution is 7.78. The molecule has 1 amide bonds. The molecular formula is C4H7NO2S. The van der Waals surface area contributed by atoms with Crippen molar-refractivity contribution in [3.05, 3.63) is 0 Å². The molecule has 0 saturated carbocycles. The van der Waals surface area contributed by atoms with Crippen LogP contribution in [0.15, 0.2) is 0 Å². The minimum absolute atomic E-state index is 0.0799. The lowest BCUT2D eigenvalue weighted by Crippen LogP contribution is -2.15. The number of thiol groups is 1. The van der Waals surface area contributed by atoms with Crippen LogP contribution in [0.1, 0.15) is 13.3 Å². The third kappa shape index (κ3) is 3.67. The molecule has 0 aliphatic heterocycles. The Bertz CT molecular complexity index is 113. The fourth-order valence-corrected chi connectivity index (χ4v) is 0.345. The van der Waals surface area contributed by atoms with Gasteiger partial charge in [-0.05, 0) is 6.92 Å². The summed E-state index contributed by atoms with van der Waals surface area (Å²) in [5, 5.41) is 0. The van der Waals surface area contributed by atoms with Gasteiger partial charge < -0.3 is 4.72 Å². The number of carbonyl (C=O) groups excluding carboxylic acids is 2. The number of hydrogen-bond donors (Lipinski definition) is 2. The minimum atomic E-state index is -0.360. The fourth-order valence-electron chi connectivity index (χ4n) is 0.266. The van der Waals surface area contributed by atoms with Gasteiger partial charge in [0, 0.05) is 0 Å². The molecule has 0 saturated heterocycles. The summed E-state index contributed by atoms with van der Waals surface area (Å²) in [6.45, 7) is 1.35. The molecule has 3 nitrogen and oxygen atoms in total. The SMILES string of the molecule is CC(=O)CC(=O)NS. The van der Waals surface area contributed by atoms with Crippen LogP contribution in [0.3, 0.4) is 0 Å². The normalized spacial score (nSPS) is 8.25. The van der Waals surface area contributed by atoms with Crippen molar-refractivity contribution >= 4 is 24.5 Å². The summed E-state index contributed by atoms with van der Waals surface area (Å²) in [4.78, 5) is 20.3. The third-order valence-corrected chi connectivity index (χ3v) is 0.784. The van der Waals surface area contributed by atoms with Gasteiger partial charge in [-0.25, -0.2) is 0 Å². The van der Waals surface area contributed by atoms with Crippen LogP contribution in [-0.4, -0.2) is 11.7 Å². The second-order valence-corrected chi connectivity index (χ2v) is 1.64. The minimum Gasteiger partial charge on any atom is -0.302 e. The van der Waals surface area contributed by atoms with Gasteiger partial charge in [-0.15, -0.1) is 0 Å². The van der Waals surface area contributed by atoms with Crippen LogP contribution in [0.2, 0.25) is 0 Å². The first-order valence-electron chi connectivity index (χ1n) is 2.09. The quantitative estimate of drug-likeness (QED) is 0.409.